The Labute approximate surface area is 160 Å². The van der Waals surface area contributed by atoms with Crippen LogP contribution in [-0.4, -0.2) is 44.4 Å². The van der Waals surface area contributed by atoms with Crippen molar-refractivity contribution in [2.24, 2.45) is 0 Å². The van der Waals surface area contributed by atoms with Crippen molar-refractivity contribution in [2.45, 2.75) is 25.6 Å². The number of nitrogens with zero attached hydrogens (tertiary/aromatic N) is 2. The molecule has 0 spiro atoms. The van der Waals surface area contributed by atoms with Gasteiger partial charge in [-0.15, -0.1) is 0 Å². The van der Waals surface area contributed by atoms with E-state index in [1.807, 2.05) is 0 Å². The Morgan fingerprint density at radius 3 is 2.71 bits per heavy atom. The predicted octanol–water partition coefficient (Wildman–Crippen LogP) is 1.94. The lowest BCUT2D eigenvalue weighted by molar-refractivity contribution is 0.0949. The average molecular weight is 381 g/mol. The lowest BCUT2D eigenvalue weighted by Crippen LogP contribution is -2.28. The number of carbonyl (C=O) groups excluding carboxylic acids is 1. The topological polar surface area (TPSA) is 125 Å². The normalized spacial score (nSPS) is 16.8. The van der Waals surface area contributed by atoms with Crippen LogP contribution in [0.25, 0.3) is 22.1 Å². The molecule has 0 saturated carbocycles. The Bertz CT molecular complexity index is 1130. The molecular weight excluding hydrogens is 362 g/mol. The van der Waals surface area contributed by atoms with E-state index in [0.29, 0.717) is 46.2 Å². The number of aromatic nitrogens is 2. The number of para-hydroxylation sites is 1. The third kappa shape index (κ3) is 2.92. The number of aliphatic hydroxyl groups is 3. The summed E-state index contributed by atoms with van der Waals surface area (Å²) >= 11 is 0. The van der Waals surface area contributed by atoms with Gasteiger partial charge in [0.15, 0.2) is 0 Å². The molecule has 144 valence electrons. The van der Waals surface area contributed by atoms with Crippen molar-refractivity contribution in [3.63, 3.8) is 0 Å². The molecule has 1 atom stereocenters. The number of nitrogens with one attached hydrogen (secondary N) is 1. The summed E-state index contributed by atoms with van der Waals surface area (Å²) in [6.45, 7) is -0.202. The van der Waals surface area contributed by atoms with E-state index >= 15 is 0 Å². The summed E-state index contributed by atoms with van der Waals surface area (Å²) < 4.78 is 5.35. The molecular formula is C20H19N3O5. The zero-order chi connectivity index (χ0) is 19.8. The first kappa shape index (κ1) is 18.1. The van der Waals surface area contributed by atoms with Crippen molar-refractivity contribution in [1.29, 1.82) is 0 Å². The Kier molecular flexibility index (Phi) is 4.58. The first-order chi connectivity index (χ1) is 13.5. The molecule has 1 aliphatic rings. The fourth-order valence-electron chi connectivity index (χ4n) is 3.37. The number of methoxy groups -OCH3 is 1. The van der Waals surface area contributed by atoms with Crippen LogP contribution in [-0.2, 0) is 6.61 Å². The number of benzene rings is 2. The molecule has 1 unspecified atom stereocenters. The van der Waals surface area contributed by atoms with Crippen LogP contribution in [0, 0.1) is 0 Å². The molecule has 0 aliphatic heterocycles. The van der Waals surface area contributed by atoms with Gasteiger partial charge in [-0.2, -0.15) is 0 Å². The van der Waals surface area contributed by atoms with Gasteiger partial charge in [0.1, 0.15) is 22.5 Å². The van der Waals surface area contributed by atoms with Crippen LogP contribution in [0.2, 0.25) is 0 Å². The number of allylic oxidation sites excluding steroid dienone is 1. The van der Waals surface area contributed by atoms with Crippen LogP contribution in [0.15, 0.2) is 41.8 Å². The van der Waals surface area contributed by atoms with Gasteiger partial charge in [0.25, 0.3) is 5.91 Å². The summed E-state index contributed by atoms with van der Waals surface area (Å²) in [7, 11) is 1.51. The molecule has 0 radical (unpaired) electrons. The van der Waals surface area contributed by atoms with Gasteiger partial charge in [-0.1, -0.05) is 12.1 Å². The molecule has 2 aromatic carbocycles. The van der Waals surface area contributed by atoms with E-state index < -0.39 is 12.0 Å². The van der Waals surface area contributed by atoms with Crippen LogP contribution in [0.5, 0.6) is 5.75 Å². The Morgan fingerprint density at radius 1 is 1.21 bits per heavy atom. The minimum absolute atomic E-state index is 0.0214. The fourth-order valence-corrected chi connectivity index (χ4v) is 3.37. The third-order valence-electron chi connectivity index (χ3n) is 4.85. The second-order valence-corrected chi connectivity index (χ2v) is 6.55. The summed E-state index contributed by atoms with van der Waals surface area (Å²) in [6.07, 6.45) is -0.224. The van der Waals surface area contributed by atoms with Crippen molar-refractivity contribution in [1.82, 2.24) is 15.3 Å². The van der Waals surface area contributed by atoms with E-state index in [2.05, 4.69) is 15.3 Å². The van der Waals surface area contributed by atoms with Gasteiger partial charge in [-0.3, -0.25) is 4.79 Å². The van der Waals surface area contributed by atoms with Crippen LogP contribution in [0.1, 0.15) is 28.8 Å². The van der Waals surface area contributed by atoms with Crippen molar-refractivity contribution < 1.29 is 24.9 Å². The molecule has 0 fully saturated rings. The van der Waals surface area contributed by atoms with E-state index in [0.717, 1.165) is 0 Å². The number of hydrogen-bond acceptors (Lipinski definition) is 7. The maximum Gasteiger partial charge on any atom is 0.257 e. The summed E-state index contributed by atoms with van der Waals surface area (Å²) in [5.41, 5.74) is 2.74. The highest BCUT2D eigenvalue weighted by Gasteiger charge is 2.26. The lowest BCUT2D eigenvalue weighted by Gasteiger charge is -2.13. The van der Waals surface area contributed by atoms with Gasteiger partial charge in [0.2, 0.25) is 0 Å². The average Bonchev–Trinajstić information content (AvgIpc) is 3.03. The number of carbonyl (C=O) groups is 1. The van der Waals surface area contributed by atoms with Gasteiger partial charge >= 0.3 is 0 Å². The summed E-state index contributed by atoms with van der Waals surface area (Å²) in [6, 6.07) is 8.40. The number of fused-ring (bicyclic) bond motifs is 2. The number of hydrogen-bond donors (Lipinski definition) is 4. The molecule has 3 aromatic rings. The summed E-state index contributed by atoms with van der Waals surface area (Å²) in [4.78, 5) is 22.0. The summed E-state index contributed by atoms with van der Waals surface area (Å²) in [5, 5.41) is 32.0. The molecule has 28 heavy (non-hydrogen) atoms. The Balaban J connectivity index is 1.87. The van der Waals surface area contributed by atoms with Crippen LogP contribution in [0.4, 0.5) is 0 Å². The second kappa shape index (κ2) is 7.06. The standard InChI is InChI=1S/C20H19N3O5/c1-28-15-8-5-10(9-24)16-19(15)22-17-11(3-2-4-12(17)21-16)20(27)23-18-13(25)6-7-14(18)26/h2-5,8,13,24-26H,6-7,9H2,1H3,(H,23,27). The van der Waals surface area contributed by atoms with E-state index in [1.54, 1.807) is 30.3 Å². The molecule has 1 heterocycles. The highest BCUT2D eigenvalue weighted by molar-refractivity contribution is 6.07. The maximum absolute atomic E-state index is 12.8. The molecule has 0 saturated heterocycles. The molecule has 8 nitrogen and oxygen atoms in total. The van der Waals surface area contributed by atoms with Crippen molar-refractivity contribution in [3.8, 4) is 5.75 Å². The quantitative estimate of drug-likeness (QED) is 0.509. The molecule has 1 aromatic heterocycles. The molecule has 1 aliphatic carbocycles. The SMILES string of the molecule is COc1ccc(CO)c2nc3cccc(C(=O)NC4=C(O)CCC4O)c3nc12. The molecule has 1 amide bonds. The van der Waals surface area contributed by atoms with Gasteiger partial charge in [-0.05, 0) is 24.6 Å². The Hall–Kier alpha value is -3.23. The van der Waals surface area contributed by atoms with Gasteiger partial charge in [0.05, 0.1) is 42.1 Å². The summed E-state index contributed by atoms with van der Waals surface area (Å²) in [5.74, 6) is -0.0470. The number of amides is 1. The van der Waals surface area contributed by atoms with Crippen molar-refractivity contribution in [2.75, 3.05) is 7.11 Å². The minimum Gasteiger partial charge on any atom is -0.510 e. The van der Waals surface area contributed by atoms with Crippen molar-refractivity contribution >= 4 is 28.0 Å². The van der Waals surface area contributed by atoms with E-state index in [9.17, 15) is 20.1 Å². The minimum atomic E-state index is -0.905. The second-order valence-electron chi connectivity index (χ2n) is 6.55. The van der Waals surface area contributed by atoms with Gasteiger partial charge in [0, 0.05) is 12.0 Å². The molecule has 4 rings (SSSR count). The van der Waals surface area contributed by atoms with E-state index in [4.69, 9.17) is 4.74 Å². The largest absolute Gasteiger partial charge is 0.510 e. The van der Waals surface area contributed by atoms with Crippen molar-refractivity contribution in [3.05, 3.63) is 52.9 Å². The number of ether oxygens (including phenoxy) is 1. The third-order valence-corrected chi connectivity index (χ3v) is 4.85. The first-order valence-corrected chi connectivity index (χ1v) is 8.82. The Morgan fingerprint density at radius 2 is 2.04 bits per heavy atom. The van der Waals surface area contributed by atoms with E-state index in [-0.39, 0.29) is 23.6 Å². The van der Waals surface area contributed by atoms with Crippen LogP contribution >= 0.6 is 0 Å². The highest BCUT2D eigenvalue weighted by atomic mass is 16.5. The van der Waals surface area contributed by atoms with Crippen LogP contribution < -0.4 is 10.1 Å². The zero-order valence-corrected chi connectivity index (χ0v) is 15.1. The zero-order valence-electron chi connectivity index (χ0n) is 15.1. The number of aliphatic hydroxyl groups excluding tert-OH is 3. The molecule has 4 N–H and O–H groups in total. The predicted molar refractivity (Wildman–Crippen MR) is 102 cm³/mol. The lowest BCUT2D eigenvalue weighted by atomic mass is 10.1. The molecule has 0 bridgehead atoms. The smallest absolute Gasteiger partial charge is 0.257 e. The monoisotopic (exact) mass is 381 g/mol. The number of rotatable bonds is 4. The fraction of sp³-hybridized carbons (Fsp3) is 0.250. The molecule has 8 heteroatoms. The maximum atomic E-state index is 12.8. The highest BCUT2D eigenvalue weighted by Crippen LogP contribution is 2.29. The van der Waals surface area contributed by atoms with Gasteiger partial charge in [-0.25, -0.2) is 9.97 Å². The van der Waals surface area contributed by atoms with Crippen LogP contribution in [0.3, 0.4) is 0 Å². The van der Waals surface area contributed by atoms with Gasteiger partial charge < -0.3 is 25.4 Å². The first-order valence-electron chi connectivity index (χ1n) is 8.82. The van der Waals surface area contributed by atoms with E-state index in [1.165, 1.54) is 7.11 Å².